The number of nitrogens with one attached hydrogen (secondary N) is 1. The summed E-state index contributed by atoms with van der Waals surface area (Å²) in [5.74, 6) is -0.181. The van der Waals surface area contributed by atoms with Crippen molar-refractivity contribution in [1.82, 2.24) is 5.32 Å². The summed E-state index contributed by atoms with van der Waals surface area (Å²) in [6.45, 7) is 14.5. The van der Waals surface area contributed by atoms with Crippen LogP contribution < -0.4 is 5.32 Å². The number of carbonyl (C=O) groups excluding carboxylic acids is 1. The van der Waals surface area contributed by atoms with Gasteiger partial charge in [-0.1, -0.05) is 20.8 Å². The lowest BCUT2D eigenvalue weighted by Gasteiger charge is -2.26. The van der Waals surface area contributed by atoms with Crippen LogP contribution in [0.15, 0.2) is 0 Å². The highest BCUT2D eigenvalue weighted by Crippen LogP contribution is 2.13. The summed E-state index contributed by atoms with van der Waals surface area (Å²) in [7, 11) is 0. The third kappa shape index (κ3) is 8.43. The van der Waals surface area contributed by atoms with E-state index >= 15 is 0 Å². The molecule has 0 radical (unpaired) electrons. The average Bonchev–Trinajstić information content (AvgIpc) is 1.95. The molecule has 0 aromatic rings. The highest BCUT2D eigenvalue weighted by Gasteiger charge is 2.22. The average molecular weight is 215 g/mol. The summed E-state index contributed by atoms with van der Waals surface area (Å²) in [6.07, 6.45) is 0. The monoisotopic (exact) mass is 215 g/mol. The quantitative estimate of drug-likeness (QED) is 0.734. The van der Waals surface area contributed by atoms with E-state index in [0.29, 0.717) is 6.61 Å². The Morgan fingerprint density at radius 2 is 1.67 bits per heavy atom. The van der Waals surface area contributed by atoms with Crippen molar-refractivity contribution in [3.05, 3.63) is 0 Å². The van der Waals surface area contributed by atoms with E-state index in [1.807, 2.05) is 48.5 Å². The molecule has 0 heterocycles. The van der Waals surface area contributed by atoms with Gasteiger partial charge in [-0.25, -0.2) is 0 Å². The predicted molar refractivity (Wildman–Crippen MR) is 62.8 cm³/mol. The fourth-order valence-corrected chi connectivity index (χ4v) is 1.12. The normalized spacial score (nSPS) is 14.9. The number of ether oxygens (including phenoxy) is 1. The summed E-state index contributed by atoms with van der Waals surface area (Å²) in [5, 5.41) is 3.18. The molecule has 0 rings (SSSR count). The smallest absolute Gasteiger partial charge is 0.322 e. The lowest BCUT2D eigenvalue weighted by Crippen LogP contribution is -2.47. The molecule has 0 fully saturated rings. The Bertz CT molecular complexity index is 211. The van der Waals surface area contributed by atoms with Crippen molar-refractivity contribution < 1.29 is 9.53 Å². The topological polar surface area (TPSA) is 38.3 Å². The molecule has 3 nitrogen and oxygen atoms in total. The molecule has 0 aliphatic carbocycles. The van der Waals surface area contributed by atoms with Crippen LogP contribution in [0.5, 0.6) is 0 Å². The Morgan fingerprint density at radius 3 is 2.00 bits per heavy atom. The summed E-state index contributed by atoms with van der Waals surface area (Å²) in [4.78, 5) is 11.6. The van der Waals surface area contributed by atoms with Crippen LogP contribution in [0.4, 0.5) is 0 Å². The van der Waals surface area contributed by atoms with Crippen molar-refractivity contribution in [2.75, 3.05) is 6.61 Å². The highest BCUT2D eigenvalue weighted by molar-refractivity contribution is 5.75. The second kappa shape index (κ2) is 4.97. The van der Waals surface area contributed by atoms with Crippen molar-refractivity contribution in [3.63, 3.8) is 0 Å². The second-order valence-electron chi connectivity index (χ2n) is 6.28. The molecule has 0 aromatic heterocycles. The lowest BCUT2D eigenvalue weighted by molar-refractivity contribution is -0.149. The predicted octanol–water partition coefficient (Wildman–Crippen LogP) is 2.35. The first-order valence-corrected chi connectivity index (χ1v) is 5.46. The fraction of sp³-hybridized carbons (Fsp3) is 0.917. The van der Waals surface area contributed by atoms with E-state index in [1.165, 1.54) is 0 Å². The third-order valence-electron chi connectivity index (χ3n) is 1.65. The van der Waals surface area contributed by atoms with Gasteiger partial charge in [-0.05, 0) is 33.1 Å². The molecular weight excluding hydrogens is 190 g/mol. The van der Waals surface area contributed by atoms with Gasteiger partial charge in [0.05, 0.1) is 6.61 Å². The van der Waals surface area contributed by atoms with Crippen LogP contribution in [-0.4, -0.2) is 24.2 Å². The molecule has 15 heavy (non-hydrogen) atoms. The molecule has 1 atom stereocenters. The Labute approximate surface area is 93.6 Å². The first-order valence-electron chi connectivity index (χ1n) is 5.46. The Morgan fingerprint density at radius 1 is 1.20 bits per heavy atom. The first kappa shape index (κ1) is 14.4. The van der Waals surface area contributed by atoms with Crippen LogP contribution >= 0.6 is 0 Å². The van der Waals surface area contributed by atoms with Crippen LogP contribution in [0.1, 0.15) is 48.5 Å². The molecule has 0 unspecified atom stereocenters. The molecule has 90 valence electrons. The molecule has 0 saturated carbocycles. The third-order valence-corrected chi connectivity index (χ3v) is 1.65. The minimum Gasteiger partial charge on any atom is -0.464 e. The zero-order chi connectivity index (χ0) is 12.3. The molecule has 0 amide bonds. The van der Waals surface area contributed by atoms with Crippen LogP contribution in [0.25, 0.3) is 0 Å². The molecule has 0 spiro atoms. The summed E-state index contributed by atoms with van der Waals surface area (Å²) < 4.78 is 5.21. The molecule has 0 aliphatic heterocycles. The van der Waals surface area contributed by atoms with E-state index < -0.39 is 0 Å². The van der Waals surface area contributed by atoms with E-state index in [-0.39, 0.29) is 23.0 Å². The number of hydrogen-bond donors (Lipinski definition) is 1. The molecule has 0 aromatic carbocycles. The van der Waals surface area contributed by atoms with Gasteiger partial charge >= 0.3 is 5.97 Å². The van der Waals surface area contributed by atoms with Gasteiger partial charge in [-0.15, -0.1) is 0 Å². The van der Waals surface area contributed by atoms with E-state index in [2.05, 4.69) is 5.32 Å². The number of esters is 1. The van der Waals surface area contributed by atoms with Crippen LogP contribution in [0, 0.1) is 5.41 Å². The van der Waals surface area contributed by atoms with Gasteiger partial charge in [0.1, 0.15) is 6.04 Å². The maximum atomic E-state index is 11.6. The summed E-state index contributed by atoms with van der Waals surface area (Å²) in [5.41, 5.74) is -0.0444. The van der Waals surface area contributed by atoms with Gasteiger partial charge in [0.15, 0.2) is 0 Å². The van der Waals surface area contributed by atoms with E-state index in [0.717, 1.165) is 0 Å². The van der Waals surface area contributed by atoms with Crippen LogP contribution in [-0.2, 0) is 9.53 Å². The van der Waals surface area contributed by atoms with Crippen molar-refractivity contribution >= 4 is 5.97 Å². The maximum absolute atomic E-state index is 11.6. The van der Waals surface area contributed by atoms with Crippen LogP contribution in [0.2, 0.25) is 0 Å². The summed E-state index contributed by atoms with van der Waals surface area (Å²) >= 11 is 0. The Hall–Kier alpha value is -0.570. The van der Waals surface area contributed by atoms with E-state index in [9.17, 15) is 4.79 Å². The van der Waals surface area contributed by atoms with Gasteiger partial charge in [0.25, 0.3) is 0 Å². The lowest BCUT2D eigenvalue weighted by atomic mass is 9.99. The van der Waals surface area contributed by atoms with Gasteiger partial charge in [0, 0.05) is 5.54 Å². The molecular formula is C12H25NO2. The zero-order valence-corrected chi connectivity index (χ0v) is 11.1. The van der Waals surface area contributed by atoms with E-state index in [1.54, 1.807) is 0 Å². The van der Waals surface area contributed by atoms with Gasteiger partial charge in [-0.2, -0.15) is 0 Å². The van der Waals surface area contributed by atoms with Crippen molar-refractivity contribution in [3.8, 4) is 0 Å². The first-order chi connectivity index (χ1) is 6.51. The van der Waals surface area contributed by atoms with E-state index in [4.69, 9.17) is 4.74 Å². The van der Waals surface area contributed by atoms with Gasteiger partial charge in [0.2, 0.25) is 0 Å². The Balaban J connectivity index is 4.01. The minimum atomic E-state index is -0.257. The fourth-order valence-electron chi connectivity index (χ4n) is 1.12. The highest BCUT2D eigenvalue weighted by atomic mass is 16.5. The van der Waals surface area contributed by atoms with Crippen molar-refractivity contribution in [2.45, 2.75) is 60.0 Å². The van der Waals surface area contributed by atoms with Crippen LogP contribution in [0.3, 0.4) is 0 Å². The Kier molecular flexibility index (Phi) is 4.78. The standard InChI is InChI=1S/C12H25NO2/c1-9(13-12(5,6)7)10(14)15-8-11(2,3)4/h9,13H,8H2,1-7H3/t9-/m0/s1. The number of rotatable bonds is 3. The molecule has 3 heteroatoms. The number of hydrogen-bond acceptors (Lipinski definition) is 3. The molecule has 0 bridgehead atoms. The number of carbonyl (C=O) groups is 1. The molecule has 0 saturated heterocycles. The maximum Gasteiger partial charge on any atom is 0.322 e. The van der Waals surface area contributed by atoms with Crippen molar-refractivity contribution in [2.24, 2.45) is 5.41 Å². The van der Waals surface area contributed by atoms with Gasteiger partial charge < -0.3 is 4.74 Å². The SMILES string of the molecule is C[C@H](NC(C)(C)C)C(=O)OCC(C)(C)C. The van der Waals surface area contributed by atoms with Crippen molar-refractivity contribution in [1.29, 1.82) is 0 Å². The molecule has 0 aliphatic rings. The largest absolute Gasteiger partial charge is 0.464 e. The molecule has 1 N–H and O–H groups in total. The second-order valence-corrected chi connectivity index (χ2v) is 6.28. The minimum absolute atomic E-state index is 0.0249. The van der Waals surface area contributed by atoms with Gasteiger partial charge in [-0.3, -0.25) is 10.1 Å². The summed E-state index contributed by atoms with van der Waals surface area (Å²) in [6, 6.07) is -0.257. The zero-order valence-electron chi connectivity index (χ0n) is 11.1.